The van der Waals surface area contributed by atoms with E-state index in [1.807, 2.05) is 6.07 Å². The van der Waals surface area contributed by atoms with Crippen LogP contribution >= 0.6 is 0 Å². The highest BCUT2D eigenvalue weighted by Crippen LogP contribution is 2.27. The van der Waals surface area contributed by atoms with Crippen LogP contribution < -0.4 is 0 Å². The third kappa shape index (κ3) is 2.11. The van der Waals surface area contributed by atoms with Crippen LogP contribution in [0.25, 0.3) is 0 Å². The fourth-order valence-electron chi connectivity index (χ4n) is 2.07. The summed E-state index contributed by atoms with van der Waals surface area (Å²) in [6.07, 6.45) is 8.30. The van der Waals surface area contributed by atoms with Crippen LogP contribution in [-0.4, -0.2) is 14.8 Å². The average molecular weight is 190 g/mol. The van der Waals surface area contributed by atoms with Crippen molar-refractivity contribution in [2.45, 2.75) is 38.6 Å². The zero-order chi connectivity index (χ0) is 9.80. The van der Waals surface area contributed by atoms with Crippen molar-refractivity contribution in [1.82, 2.24) is 14.8 Å². The van der Waals surface area contributed by atoms with Crippen LogP contribution in [-0.2, 0) is 6.54 Å². The number of aryl methyl sites for hydroxylation is 1. The quantitative estimate of drug-likeness (QED) is 0.729. The predicted molar refractivity (Wildman–Crippen MR) is 51.3 cm³/mol. The van der Waals surface area contributed by atoms with E-state index in [0.717, 1.165) is 12.5 Å². The number of rotatable bonds is 3. The second-order valence-corrected chi connectivity index (χ2v) is 3.88. The van der Waals surface area contributed by atoms with Crippen molar-refractivity contribution < 1.29 is 0 Å². The first-order valence-electron chi connectivity index (χ1n) is 5.18. The van der Waals surface area contributed by atoms with E-state index in [4.69, 9.17) is 5.26 Å². The summed E-state index contributed by atoms with van der Waals surface area (Å²) < 4.78 is 1.77. The second kappa shape index (κ2) is 4.23. The van der Waals surface area contributed by atoms with Gasteiger partial charge < -0.3 is 0 Å². The summed E-state index contributed by atoms with van der Waals surface area (Å²) in [5.74, 6) is 1.14. The van der Waals surface area contributed by atoms with E-state index in [1.165, 1.54) is 32.1 Å². The van der Waals surface area contributed by atoms with Crippen molar-refractivity contribution in [1.29, 1.82) is 5.26 Å². The molecule has 0 amide bonds. The Kier molecular flexibility index (Phi) is 2.78. The highest BCUT2D eigenvalue weighted by molar-refractivity contribution is 5.05. The molecule has 0 bridgehead atoms. The summed E-state index contributed by atoms with van der Waals surface area (Å²) in [5.41, 5.74) is 0. The van der Waals surface area contributed by atoms with Gasteiger partial charge in [-0.25, -0.2) is 4.98 Å². The molecule has 1 aliphatic carbocycles. The van der Waals surface area contributed by atoms with Crippen molar-refractivity contribution in [2.75, 3.05) is 0 Å². The largest absolute Gasteiger partial charge is 0.252 e. The van der Waals surface area contributed by atoms with Gasteiger partial charge in [-0.15, -0.1) is 5.10 Å². The lowest BCUT2D eigenvalue weighted by atomic mass is 10.0. The van der Waals surface area contributed by atoms with E-state index in [0.29, 0.717) is 0 Å². The van der Waals surface area contributed by atoms with Crippen molar-refractivity contribution in [3.63, 3.8) is 0 Å². The van der Waals surface area contributed by atoms with Gasteiger partial charge in [-0.1, -0.05) is 25.7 Å². The summed E-state index contributed by atoms with van der Waals surface area (Å²) >= 11 is 0. The Hall–Kier alpha value is -1.37. The molecule has 0 atom stereocenters. The standard InChI is InChI=1S/C10H14N4/c11-7-10-12-8-14(13-10)6-5-9-3-1-2-4-9/h8-9H,1-6H2. The summed E-state index contributed by atoms with van der Waals surface area (Å²) in [7, 11) is 0. The molecule has 0 saturated heterocycles. The minimum atomic E-state index is 0.274. The fraction of sp³-hybridized carbons (Fsp3) is 0.700. The molecule has 1 fully saturated rings. The van der Waals surface area contributed by atoms with E-state index >= 15 is 0 Å². The minimum Gasteiger partial charge on any atom is -0.252 e. The Bertz CT molecular complexity index is 330. The molecule has 0 unspecified atom stereocenters. The summed E-state index contributed by atoms with van der Waals surface area (Å²) in [6.45, 7) is 0.902. The van der Waals surface area contributed by atoms with Gasteiger partial charge in [0.2, 0.25) is 0 Å². The zero-order valence-electron chi connectivity index (χ0n) is 8.19. The van der Waals surface area contributed by atoms with Crippen LogP contribution in [0.2, 0.25) is 0 Å². The second-order valence-electron chi connectivity index (χ2n) is 3.88. The molecular weight excluding hydrogens is 176 g/mol. The first-order chi connectivity index (χ1) is 6.88. The zero-order valence-corrected chi connectivity index (χ0v) is 8.19. The van der Waals surface area contributed by atoms with Crippen LogP contribution in [0.1, 0.15) is 37.9 Å². The monoisotopic (exact) mass is 190 g/mol. The Morgan fingerprint density at radius 2 is 2.29 bits per heavy atom. The van der Waals surface area contributed by atoms with E-state index in [1.54, 1.807) is 11.0 Å². The average Bonchev–Trinajstić information content (AvgIpc) is 2.86. The van der Waals surface area contributed by atoms with E-state index in [9.17, 15) is 0 Å². The van der Waals surface area contributed by atoms with Gasteiger partial charge in [0.05, 0.1) is 0 Å². The molecule has 4 nitrogen and oxygen atoms in total. The maximum absolute atomic E-state index is 8.54. The molecule has 74 valence electrons. The number of nitriles is 1. The Morgan fingerprint density at radius 3 is 2.93 bits per heavy atom. The number of hydrogen-bond donors (Lipinski definition) is 0. The number of aromatic nitrogens is 3. The van der Waals surface area contributed by atoms with Crippen molar-refractivity contribution in [3.05, 3.63) is 12.2 Å². The fourth-order valence-corrected chi connectivity index (χ4v) is 2.07. The lowest BCUT2D eigenvalue weighted by Crippen LogP contribution is -2.04. The Morgan fingerprint density at radius 1 is 1.50 bits per heavy atom. The number of hydrogen-bond acceptors (Lipinski definition) is 3. The summed E-state index contributed by atoms with van der Waals surface area (Å²) in [4.78, 5) is 3.87. The van der Waals surface area contributed by atoms with Crippen LogP contribution in [0, 0.1) is 17.2 Å². The smallest absolute Gasteiger partial charge is 0.252 e. The van der Waals surface area contributed by atoms with Crippen LogP contribution in [0.3, 0.4) is 0 Å². The summed E-state index contributed by atoms with van der Waals surface area (Å²) in [6, 6.07) is 1.93. The molecule has 1 aromatic rings. The molecule has 0 aromatic carbocycles. The third-order valence-electron chi connectivity index (χ3n) is 2.88. The highest BCUT2D eigenvalue weighted by atomic mass is 15.3. The van der Waals surface area contributed by atoms with Crippen molar-refractivity contribution in [3.8, 4) is 6.07 Å². The summed E-state index contributed by atoms with van der Waals surface area (Å²) in [5, 5.41) is 12.6. The van der Waals surface area contributed by atoms with E-state index in [-0.39, 0.29) is 5.82 Å². The van der Waals surface area contributed by atoms with Crippen molar-refractivity contribution in [2.24, 2.45) is 5.92 Å². The molecular formula is C10H14N4. The molecule has 0 aliphatic heterocycles. The van der Waals surface area contributed by atoms with Crippen molar-refractivity contribution >= 4 is 0 Å². The molecule has 0 spiro atoms. The van der Waals surface area contributed by atoms with Gasteiger partial charge in [-0.3, -0.25) is 4.68 Å². The van der Waals surface area contributed by atoms with Gasteiger partial charge >= 0.3 is 0 Å². The molecule has 4 heteroatoms. The van der Waals surface area contributed by atoms with E-state index in [2.05, 4.69) is 10.1 Å². The molecule has 1 aliphatic rings. The van der Waals surface area contributed by atoms with Gasteiger partial charge in [0.1, 0.15) is 12.4 Å². The maximum atomic E-state index is 8.54. The molecule has 1 saturated carbocycles. The highest BCUT2D eigenvalue weighted by Gasteiger charge is 2.14. The van der Waals surface area contributed by atoms with Crippen LogP contribution in [0.5, 0.6) is 0 Å². The molecule has 1 heterocycles. The van der Waals surface area contributed by atoms with Gasteiger partial charge in [0.15, 0.2) is 0 Å². The topological polar surface area (TPSA) is 54.5 Å². The number of nitrogens with zero attached hydrogens (tertiary/aromatic N) is 4. The van der Waals surface area contributed by atoms with Gasteiger partial charge in [-0.05, 0) is 12.3 Å². The maximum Gasteiger partial charge on any atom is 0.252 e. The Balaban J connectivity index is 1.82. The molecule has 0 N–H and O–H groups in total. The van der Waals surface area contributed by atoms with Gasteiger partial charge in [0.25, 0.3) is 5.82 Å². The molecule has 2 rings (SSSR count). The predicted octanol–water partition coefficient (Wildman–Crippen LogP) is 1.73. The lowest BCUT2D eigenvalue weighted by molar-refractivity contribution is 0.439. The molecule has 0 radical (unpaired) electrons. The van der Waals surface area contributed by atoms with Gasteiger partial charge in [0, 0.05) is 6.54 Å². The normalized spacial score (nSPS) is 17.1. The first kappa shape index (κ1) is 9.20. The van der Waals surface area contributed by atoms with Crippen LogP contribution in [0.4, 0.5) is 0 Å². The van der Waals surface area contributed by atoms with Gasteiger partial charge in [-0.2, -0.15) is 5.26 Å². The minimum absolute atomic E-state index is 0.274. The Labute approximate surface area is 83.6 Å². The molecule has 1 aromatic heterocycles. The first-order valence-corrected chi connectivity index (χ1v) is 5.18. The van der Waals surface area contributed by atoms with E-state index < -0.39 is 0 Å². The van der Waals surface area contributed by atoms with Crippen LogP contribution in [0.15, 0.2) is 6.33 Å². The third-order valence-corrected chi connectivity index (χ3v) is 2.88. The SMILES string of the molecule is N#Cc1ncn(CCC2CCCC2)n1. The lowest BCUT2D eigenvalue weighted by Gasteiger charge is -2.07. The molecule has 14 heavy (non-hydrogen) atoms.